The number of ether oxygens (including phenoxy) is 3. The van der Waals surface area contributed by atoms with Gasteiger partial charge in [0.1, 0.15) is 12.4 Å². The molecule has 11 heteroatoms. The molecule has 0 bridgehead atoms. The second kappa shape index (κ2) is 11.0. The number of rotatable bonds is 7. The molecular weight excluding hydrogens is 503 g/mol. The molecule has 1 amide bonds. The number of aromatic nitrogens is 2. The molecule has 0 aliphatic carbocycles. The smallest absolute Gasteiger partial charge is 0.416 e. The summed E-state index contributed by atoms with van der Waals surface area (Å²) in [5, 5.41) is 0. The largest absolute Gasteiger partial charge is 0.492 e. The number of alkyl halides is 3. The molecule has 38 heavy (non-hydrogen) atoms. The number of hydrogen-bond acceptors (Lipinski definition) is 5. The van der Waals surface area contributed by atoms with Gasteiger partial charge in [-0.2, -0.15) is 18.2 Å². The van der Waals surface area contributed by atoms with Crippen LogP contribution in [0, 0.1) is 5.41 Å². The SMILES string of the molecule is COC(=O)C(C)(C)COc1ccc(C(F)(F)F)cc1C(=O)/N=c1\cc(C(C)(C)C)n(C)n1C[C@H]1CCCO1. The van der Waals surface area contributed by atoms with E-state index in [1.165, 1.54) is 7.11 Å². The van der Waals surface area contributed by atoms with Crippen molar-refractivity contribution >= 4 is 11.9 Å². The first-order valence-corrected chi connectivity index (χ1v) is 12.4. The monoisotopic (exact) mass is 539 g/mol. The van der Waals surface area contributed by atoms with E-state index in [-0.39, 0.29) is 29.4 Å². The highest BCUT2D eigenvalue weighted by molar-refractivity contribution is 5.97. The maximum atomic E-state index is 13.5. The van der Waals surface area contributed by atoms with E-state index in [1.54, 1.807) is 19.9 Å². The Hall–Kier alpha value is -3.08. The number of amides is 1. The van der Waals surface area contributed by atoms with Gasteiger partial charge in [0.2, 0.25) is 0 Å². The number of halogens is 3. The Bertz CT molecular complexity index is 1250. The molecule has 1 aromatic heterocycles. The molecule has 8 nitrogen and oxygen atoms in total. The molecule has 1 aliphatic rings. The highest BCUT2D eigenvalue weighted by Gasteiger charge is 2.34. The van der Waals surface area contributed by atoms with Gasteiger partial charge in [0, 0.05) is 30.8 Å². The third-order valence-electron chi connectivity index (χ3n) is 6.49. The predicted octanol–water partition coefficient (Wildman–Crippen LogP) is 4.64. The van der Waals surface area contributed by atoms with Gasteiger partial charge < -0.3 is 14.2 Å². The Morgan fingerprint density at radius 3 is 2.37 bits per heavy atom. The Morgan fingerprint density at radius 2 is 1.82 bits per heavy atom. The molecule has 1 aromatic carbocycles. The van der Waals surface area contributed by atoms with E-state index in [9.17, 15) is 22.8 Å². The lowest BCUT2D eigenvalue weighted by atomic mass is 9.92. The van der Waals surface area contributed by atoms with Crippen molar-refractivity contribution in [3.63, 3.8) is 0 Å². The third kappa shape index (κ3) is 6.67. The second-order valence-electron chi connectivity index (χ2n) is 11.2. The van der Waals surface area contributed by atoms with Crippen molar-refractivity contribution in [1.29, 1.82) is 0 Å². The quantitative estimate of drug-likeness (QED) is 0.479. The predicted molar refractivity (Wildman–Crippen MR) is 134 cm³/mol. The third-order valence-corrected chi connectivity index (χ3v) is 6.49. The van der Waals surface area contributed by atoms with Gasteiger partial charge in [-0.1, -0.05) is 20.8 Å². The van der Waals surface area contributed by atoms with Crippen LogP contribution in [0.5, 0.6) is 5.75 Å². The van der Waals surface area contributed by atoms with Crippen molar-refractivity contribution in [1.82, 2.24) is 9.36 Å². The fraction of sp³-hybridized carbons (Fsp3) is 0.593. The number of methoxy groups -OCH3 is 1. The minimum Gasteiger partial charge on any atom is -0.492 e. The zero-order valence-electron chi connectivity index (χ0n) is 22.9. The van der Waals surface area contributed by atoms with Crippen molar-refractivity contribution in [3.05, 3.63) is 46.6 Å². The van der Waals surface area contributed by atoms with Crippen LogP contribution in [-0.2, 0) is 39.5 Å². The standard InChI is InChI=1S/C27H36F3N3O5/c1-25(2,3)21-14-22(33(32(21)6)15-18-9-8-12-37-18)31-23(34)19-13-17(27(28,29)30)10-11-20(19)38-16-26(4,5)24(35)36-7/h10-11,13-14,18H,8-9,12,15-16H2,1-7H3/b31-22+/t18-/m1/s1. The van der Waals surface area contributed by atoms with Crippen LogP contribution in [-0.4, -0.2) is 47.7 Å². The number of carbonyl (C=O) groups excluding carboxylic acids is 2. The van der Waals surface area contributed by atoms with Crippen molar-refractivity contribution in [2.45, 2.75) is 71.7 Å². The molecule has 210 valence electrons. The van der Waals surface area contributed by atoms with Gasteiger partial charge in [0.15, 0.2) is 5.49 Å². The zero-order chi connectivity index (χ0) is 28.5. The normalized spacial score (nSPS) is 17.1. The van der Waals surface area contributed by atoms with Gasteiger partial charge in [-0.25, -0.2) is 0 Å². The summed E-state index contributed by atoms with van der Waals surface area (Å²) in [4.78, 5) is 29.7. The Kier molecular flexibility index (Phi) is 8.50. The average Bonchev–Trinajstić information content (AvgIpc) is 3.45. The molecule has 0 unspecified atom stereocenters. The molecule has 1 atom stereocenters. The maximum Gasteiger partial charge on any atom is 0.416 e. The zero-order valence-corrected chi connectivity index (χ0v) is 22.9. The van der Waals surface area contributed by atoms with Gasteiger partial charge in [-0.15, -0.1) is 0 Å². The van der Waals surface area contributed by atoms with E-state index in [0.717, 1.165) is 36.7 Å². The van der Waals surface area contributed by atoms with Gasteiger partial charge in [0.25, 0.3) is 5.91 Å². The minimum atomic E-state index is -4.68. The van der Waals surface area contributed by atoms with Crippen molar-refractivity contribution < 1.29 is 37.0 Å². The number of hydrogen-bond donors (Lipinski definition) is 0. The minimum absolute atomic E-state index is 0.0570. The van der Waals surface area contributed by atoms with Gasteiger partial charge in [-0.05, 0) is 44.9 Å². The lowest BCUT2D eigenvalue weighted by Crippen LogP contribution is -2.32. The van der Waals surface area contributed by atoms with Gasteiger partial charge >= 0.3 is 12.1 Å². The van der Waals surface area contributed by atoms with Crippen LogP contribution in [0.3, 0.4) is 0 Å². The Labute approximate surface area is 220 Å². The summed E-state index contributed by atoms with van der Waals surface area (Å²) < 4.78 is 60.5. The van der Waals surface area contributed by atoms with Crippen LogP contribution in [0.1, 0.15) is 69.1 Å². The highest BCUT2D eigenvalue weighted by Crippen LogP contribution is 2.33. The highest BCUT2D eigenvalue weighted by atomic mass is 19.4. The van der Waals surface area contributed by atoms with Crippen LogP contribution >= 0.6 is 0 Å². The molecule has 3 rings (SSSR count). The molecule has 0 saturated carbocycles. The van der Waals surface area contributed by atoms with Crippen molar-refractivity contribution in [2.75, 3.05) is 20.3 Å². The molecule has 1 saturated heterocycles. The van der Waals surface area contributed by atoms with Crippen LogP contribution in [0.25, 0.3) is 0 Å². The first kappa shape index (κ1) is 29.5. The molecule has 2 heterocycles. The fourth-order valence-corrected chi connectivity index (χ4v) is 4.32. The molecule has 0 spiro atoms. The molecule has 1 fully saturated rings. The molecule has 0 radical (unpaired) electrons. The number of esters is 1. The molecule has 0 N–H and O–H groups in total. The molecule has 2 aromatic rings. The first-order valence-electron chi connectivity index (χ1n) is 12.4. The summed E-state index contributed by atoms with van der Waals surface area (Å²) in [5.41, 5.74) is -1.55. The molecular formula is C27H36F3N3O5. The van der Waals surface area contributed by atoms with E-state index in [4.69, 9.17) is 14.2 Å². The second-order valence-corrected chi connectivity index (χ2v) is 11.2. The molecule has 1 aliphatic heterocycles. The lowest BCUT2D eigenvalue weighted by molar-refractivity contribution is -0.152. The summed E-state index contributed by atoms with van der Waals surface area (Å²) in [6.07, 6.45) is -2.94. The van der Waals surface area contributed by atoms with E-state index in [2.05, 4.69) is 4.99 Å². The van der Waals surface area contributed by atoms with Gasteiger partial charge in [0.05, 0.1) is 36.3 Å². The van der Waals surface area contributed by atoms with Crippen molar-refractivity contribution in [2.24, 2.45) is 17.5 Å². The van der Waals surface area contributed by atoms with E-state index in [1.807, 2.05) is 37.2 Å². The Balaban J connectivity index is 2.09. The van der Waals surface area contributed by atoms with Crippen LogP contribution in [0.2, 0.25) is 0 Å². The summed E-state index contributed by atoms with van der Waals surface area (Å²) in [6, 6.07) is 4.39. The van der Waals surface area contributed by atoms with Crippen LogP contribution in [0.15, 0.2) is 29.3 Å². The number of carbonyl (C=O) groups is 2. The van der Waals surface area contributed by atoms with E-state index >= 15 is 0 Å². The summed E-state index contributed by atoms with van der Waals surface area (Å²) in [7, 11) is 3.08. The van der Waals surface area contributed by atoms with E-state index in [0.29, 0.717) is 18.6 Å². The summed E-state index contributed by atoms with van der Waals surface area (Å²) >= 11 is 0. The van der Waals surface area contributed by atoms with Crippen molar-refractivity contribution in [3.8, 4) is 5.75 Å². The number of benzene rings is 1. The van der Waals surface area contributed by atoms with Gasteiger partial charge in [-0.3, -0.25) is 19.0 Å². The van der Waals surface area contributed by atoms with E-state index < -0.39 is 29.0 Å². The fourth-order valence-electron chi connectivity index (χ4n) is 4.32. The first-order chi connectivity index (χ1) is 17.5. The number of nitrogens with zero attached hydrogens (tertiary/aromatic N) is 3. The van der Waals surface area contributed by atoms with Crippen LogP contribution in [0.4, 0.5) is 13.2 Å². The topological polar surface area (TPSA) is 84.1 Å². The summed E-state index contributed by atoms with van der Waals surface area (Å²) in [6.45, 7) is 10.1. The Morgan fingerprint density at radius 1 is 1.13 bits per heavy atom. The van der Waals surface area contributed by atoms with Crippen LogP contribution < -0.4 is 10.2 Å². The maximum absolute atomic E-state index is 13.5. The summed E-state index contributed by atoms with van der Waals surface area (Å²) in [5.74, 6) is -1.56. The average molecular weight is 540 g/mol. The lowest BCUT2D eigenvalue weighted by Gasteiger charge is -2.22.